The molecular formula is C12H14F3NO3S. The molecule has 0 spiro atoms. The van der Waals surface area contributed by atoms with Crippen LogP contribution in [0.2, 0.25) is 0 Å². The molecule has 112 valence electrons. The molecule has 4 nitrogen and oxygen atoms in total. The number of halogens is 3. The molecule has 1 atom stereocenters. The van der Waals surface area contributed by atoms with Crippen LogP contribution in [-0.2, 0) is 20.9 Å². The van der Waals surface area contributed by atoms with E-state index in [2.05, 4.69) is 0 Å². The van der Waals surface area contributed by atoms with Crippen LogP contribution in [0.1, 0.15) is 12.5 Å². The van der Waals surface area contributed by atoms with E-state index in [-0.39, 0.29) is 25.8 Å². The zero-order chi connectivity index (χ0) is 15.0. The van der Waals surface area contributed by atoms with E-state index >= 15 is 0 Å². The predicted octanol–water partition coefficient (Wildman–Crippen LogP) is 2.11. The topological polar surface area (TPSA) is 46.6 Å². The van der Waals surface area contributed by atoms with Gasteiger partial charge in [-0.05, 0) is 19.1 Å². The van der Waals surface area contributed by atoms with Gasteiger partial charge in [0.2, 0.25) is 10.0 Å². The van der Waals surface area contributed by atoms with Crippen molar-refractivity contribution in [3.8, 4) is 0 Å². The van der Waals surface area contributed by atoms with Crippen LogP contribution in [-0.4, -0.2) is 38.5 Å². The zero-order valence-corrected chi connectivity index (χ0v) is 11.5. The van der Waals surface area contributed by atoms with Gasteiger partial charge in [0.15, 0.2) is 0 Å². The Balaban J connectivity index is 2.45. The van der Waals surface area contributed by atoms with E-state index in [1.165, 1.54) is 12.1 Å². The number of nitrogens with zero attached hydrogens (tertiary/aromatic N) is 1. The molecule has 0 aliphatic carbocycles. The Hall–Kier alpha value is -1.12. The molecule has 20 heavy (non-hydrogen) atoms. The molecule has 1 saturated heterocycles. The van der Waals surface area contributed by atoms with E-state index in [4.69, 9.17) is 4.74 Å². The molecule has 0 N–H and O–H groups in total. The Morgan fingerprint density at radius 3 is 2.55 bits per heavy atom. The molecular weight excluding hydrogens is 295 g/mol. The number of benzene rings is 1. The molecule has 0 bridgehead atoms. The van der Waals surface area contributed by atoms with Crippen LogP contribution in [0.15, 0.2) is 29.2 Å². The molecule has 0 radical (unpaired) electrons. The highest BCUT2D eigenvalue weighted by Crippen LogP contribution is 2.35. The van der Waals surface area contributed by atoms with Crippen LogP contribution >= 0.6 is 0 Å². The van der Waals surface area contributed by atoms with Crippen molar-refractivity contribution in [3.05, 3.63) is 29.8 Å². The molecule has 2 rings (SSSR count). The van der Waals surface area contributed by atoms with Crippen molar-refractivity contribution in [1.82, 2.24) is 4.31 Å². The minimum atomic E-state index is -4.71. The van der Waals surface area contributed by atoms with Gasteiger partial charge in [-0.1, -0.05) is 12.1 Å². The fraction of sp³-hybridized carbons (Fsp3) is 0.500. The second-order valence-electron chi connectivity index (χ2n) is 4.54. The molecule has 1 heterocycles. The third-order valence-corrected chi connectivity index (χ3v) is 4.94. The molecule has 1 aromatic rings. The smallest absolute Gasteiger partial charge is 0.376 e. The van der Waals surface area contributed by atoms with E-state index in [9.17, 15) is 21.6 Å². The molecule has 1 aliphatic rings. The number of morpholine rings is 1. The van der Waals surface area contributed by atoms with Crippen molar-refractivity contribution in [2.24, 2.45) is 0 Å². The molecule has 1 fully saturated rings. The lowest BCUT2D eigenvalue weighted by atomic mass is 10.2. The van der Waals surface area contributed by atoms with E-state index in [0.717, 1.165) is 16.4 Å². The van der Waals surface area contributed by atoms with E-state index in [1.54, 1.807) is 6.92 Å². The van der Waals surface area contributed by atoms with Crippen molar-refractivity contribution in [3.63, 3.8) is 0 Å². The fourth-order valence-corrected chi connectivity index (χ4v) is 3.78. The lowest BCUT2D eigenvalue weighted by molar-refractivity contribution is -0.139. The summed E-state index contributed by atoms with van der Waals surface area (Å²) in [7, 11) is -4.18. The normalized spacial score (nSPS) is 21.9. The van der Waals surface area contributed by atoms with Gasteiger partial charge in [-0.3, -0.25) is 0 Å². The quantitative estimate of drug-likeness (QED) is 0.840. The SMILES string of the molecule is CC1CN(S(=O)(=O)c2ccccc2C(F)(F)F)CCO1. The summed E-state index contributed by atoms with van der Waals surface area (Å²) in [6, 6.07) is 4.21. The lowest BCUT2D eigenvalue weighted by Gasteiger charge is -2.31. The maximum absolute atomic E-state index is 12.9. The molecule has 0 saturated carbocycles. The van der Waals surface area contributed by atoms with Gasteiger partial charge >= 0.3 is 6.18 Å². The minimum Gasteiger partial charge on any atom is -0.376 e. The Labute approximate surface area is 115 Å². The van der Waals surface area contributed by atoms with Crippen molar-refractivity contribution in [1.29, 1.82) is 0 Å². The van der Waals surface area contributed by atoms with E-state index < -0.39 is 26.7 Å². The highest BCUT2D eigenvalue weighted by molar-refractivity contribution is 7.89. The average molecular weight is 309 g/mol. The van der Waals surface area contributed by atoms with Crippen LogP contribution in [0.4, 0.5) is 13.2 Å². The van der Waals surface area contributed by atoms with Crippen molar-refractivity contribution < 1.29 is 26.3 Å². The van der Waals surface area contributed by atoms with Crippen LogP contribution in [0, 0.1) is 0 Å². The number of hydrogen-bond donors (Lipinski definition) is 0. The first-order chi connectivity index (χ1) is 9.23. The largest absolute Gasteiger partial charge is 0.417 e. The van der Waals surface area contributed by atoms with E-state index in [0.29, 0.717) is 0 Å². The second kappa shape index (κ2) is 5.34. The summed E-state index contributed by atoms with van der Waals surface area (Å²) >= 11 is 0. The van der Waals surface area contributed by atoms with Gasteiger partial charge in [0.25, 0.3) is 0 Å². The first-order valence-electron chi connectivity index (χ1n) is 6.01. The van der Waals surface area contributed by atoms with Crippen LogP contribution in [0.5, 0.6) is 0 Å². The van der Waals surface area contributed by atoms with Crippen LogP contribution < -0.4 is 0 Å². The molecule has 1 aromatic carbocycles. The Bertz CT molecular complexity index is 586. The summed E-state index contributed by atoms with van der Waals surface area (Å²) in [4.78, 5) is -0.707. The number of rotatable bonds is 2. The van der Waals surface area contributed by atoms with Crippen molar-refractivity contribution >= 4 is 10.0 Å². The Kier molecular flexibility index (Phi) is 4.08. The maximum Gasteiger partial charge on any atom is 0.417 e. The predicted molar refractivity (Wildman–Crippen MR) is 65.6 cm³/mol. The fourth-order valence-electron chi connectivity index (χ4n) is 2.07. The van der Waals surface area contributed by atoms with Gasteiger partial charge in [-0.2, -0.15) is 17.5 Å². The van der Waals surface area contributed by atoms with Gasteiger partial charge in [0, 0.05) is 13.1 Å². The molecule has 0 aromatic heterocycles. The first-order valence-corrected chi connectivity index (χ1v) is 7.45. The van der Waals surface area contributed by atoms with Crippen LogP contribution in [0.3, 0.4) is 0 Å². The number of ether oxygens (including phenoxy) is 1. The summed E-state index contributed by atoms with van der Waals surface area (Å²) in [5.74, 6) is 0. The summed E-state index contributed by atoms with van der Waals surface area (Å²) in [5.41, 5.74) is -1.14. The number of hydrogen-bond acceptors (Lipinski definition) is 3. The standard InChI is InChI=1S/C12H14F3NO3S/c1-9-8-16(6-7-19-9)20(17,18)11-5-3-2-4-10(11)12(13,14)15/h2-5,9H,6-8H2,1H3. The second-order valence-corrected chi connectivity index (χ2v) is 6.44. The number of alkyl halides is 3. The maximum atomic E-state index is 12.9. The first kappa shape index (κ1) is 15.3. The summed E-state index contributed by atoms with van der Waals surface area (Å²) < 4.78 is 69.7. The Morgan fingerprint density at radius 1 is 1.30 bits per heavy atom. The number of sulfonamides is 1. The summed E-state index contributed by atoms with van der Waals surface area (Å²) in [5, 5.41) is 0. The summed E-state index contributed by atoms with van der Waals surface area (Å²) in [6.45, 7) is 1.96. The van der Waals surface area contributed by atoms with Crippen molar-refractivity contribution in [2.45, 2.75) is 24.1 Å². The van der Waals surface area contributed by atoms with E-state index in [1.807, 2.05) is 0 Å². The van der Waals surface area contributed by atoms with Gasteiger partial charge in [0.05, 0.1) is 23.2 Å². The molecule has 1 unspecified atom stereocenters. The minimum absolute atomic E-state index is 0.0501. The monoisotopic (exact) mass is 309 g/mol. The molecule has 1 aliphatic heterocycles. The molecule has 0 amide bonds. The van der Waals surface area contributed by atoms with Gasteiger partial charge in [-0.25, -0.2) is 8.42 Å². The van der Waals surface area contributed by atoms with Gasteiger partial charge in [0.1, 0.15) is 0 Å². The third-order valence-electron chi connectivity index (χ3n) is 3.01. The third kappa shape index (κ3) is 2.97. The van der Waals surface area contributed by atoms with Gasteiger partial charge < -0.3 is 4.74 Å². The lowest BCUT2D eigenvalue weighted by Crippen LogP contribution is -2.44. The van der Waals surface area contributed by atoms with Crippen LogP contribution in [0.25, 0.3) is 0 Å². The average Bonchev–Trinajstić information content (AvgIpc) is 2.38. The highest BCUT2D eigenvalue weighted by Gasteiger charge is 2.39. The van der Waals surface area contributed by atoms with Gasteiger partial charge in [-0.15, -0.1) is 0 Å². The Morgan fingerprint density at radius 2 is 1.95 bits per heavy atom. The van der Waals surface area contributed by atoms with Crippen molar-refractivity contribution in [2.75, 3.05) is 19.7 Å². The highest BCUT2D eigenvalue weighted by atomic mass is 32.2. The summed E-state index contributed by atoms with van der Waals surface area (Å²) in [6.07, 6.45) is -5.04. The zero-order valence-electron chi connectivity index (χ0n) is 10.7. The molecule has 8 heteroatoms.